The number of rotatable bonds is 30. The fraction of sp³-hybridized carbons (Fsp3) is 0.865. The lowest BCUT2D eigenvalue weighted by Crippen LogP contribution is -2.46. The molecule has 0 aromatic heterocycles. The summed E-state index contributed by atoms with van der Waals surface area (Å²) in [6.07, 6.45) is 37.2. The fourth-order valence-electron chi connectivity index (χ4n) is 5.55. The molecule has 3 nitrogen and oxygen atoms in total. The molecule has 235 valence electrons. The zero-order valence-corrected chi connectivity index (χ0v) is 27.3. The molecule has 2 unspecified atom stereocenters. The number of allylic oxidation sites excluding steroid dienone is 2. The summed E-state index contributed by atoms with van der Waals surface area (Å²) in [4.78, 5) is 0. The first-order chi connectivity index (χ1) is 19.7. The Labute approximate surface area is 251 Å². The molecule has 0 spiro atoms. The Hall–Kier alpha value is -0.800. The van der Waals surface area contributed by atoms with E-state index in [4.69, 9.17) is 14.2 Å². The average molecular weight is 562 g/mol. The minimum atomic E-state index is -0.704. The molecule has 3 heteroatoms. The SMILES string of the molecule is [CH2]C1(OCCCCCCCCCC)C=CC=C(OCCCCCCCCCC)C1OCCCCCCCCCC. The highest BCUT2D eigenvalue weighted by atomic mass is 16.6. The van der Waals surface area contributed by atoms with E-state index < -0.39 is 5.60 Å². The van der Waals surface area contributed by atoms with E-state index >= 15 is 0 Å². The van der Waals surface area contributed by atoms with E-state index in [-0.39, 0.29) is 6.10 Å². The van der Waals surface area contributed by atoms with Crippen LogP contribution in [0.25, 0.3) is 0 Å². The van der Waals surface area contributed by atoms with Crippen LogP contribution in [0.2, 0.25) is 0 Å². The van der Waals surface area contributed by atoms with Crippen LogP contribution in [-0.2, 0) is 14.2 Å². The molecule has 1 rings (SSSR count). The second-order valence-corrected chi connectivity index (χ2v) is 12.3. The molecule has 0 amide bonds. The summed E-state index contributed by atoms with van der Waals surface area (Å²) in [6.45, 7) is 13.6. The molecular weight excluding hydrogens is 492 g/mol. The molecular formula is C37H69O3. The lowest BCUT2D eigenvalue weighted by molar-refractivity contribution is -0.101. The summed E-state index contributed by atoms with van der Waals surface area (Å²) >= 11 is 0. The molecule has 0 aliphatic heterocycles. The summed E-state index contributed by atoms with van der Waals surface area (Å²) in [7, 11) is 0. The van der Waals surface area contributed by atoms with Gasteiger partial charge in [0.1, 0.15) is 17.5 Å². The summed E-state index contributed by atoms with van der Waals surface area (Å²) in [5, 5.41) is 0. The average Bonchev–Trinajstić information content (AvgIpc) is 2.95. The molecule has 1 aliphatic carbocycles. The molecule has 1 aliphatic rings. The van der Waals surface area contributed by atoms with Gasteiger partial charge in [-0.2, -0.15) is 0 Å². The van der Waals surface area contributed by atoms with Gasteiger partial charge in [0.15, 0.2) is 0 Å². The van der Waals surface area contributed by atoms with Crippen molar-refractivity contribution in [2.24, 2.45) is 0 Å². The van der Waals surface area contributed by atoms with Gasteiger partial charge in [-0.25, -0.2) is 0 Å². The number of hydrogen-bond donors (Lipinski definition) is 0. The molecule has 2 atom stereocenters. The standard InChI is InChI=1S/C37H69O3/c1-5-8-11-14-17-20-23-26-32-38-35-30-29-31-37(4,40-34-28-25-22-19-16-13-10-7-3)36(35)39-33-27-24-21-18-15-12-9-6-2/h29-31,36H,4-28,32-34H2,1-3H3. The van der Waals surface area contributed by atoms with Crippen LogP contribution in [-0.4, -0.2) is 31.5 Å². The predicted octanol–water partition coefficient (Wildman–Crippen LogP) is 11.9. The van der Waals surface area contributed by atoms with Crippen molar-refractivity contribution in [1.82, 2.24) is 0 Å². The maximum atomic E-state index is 6.49. The zero-order chi connectivity index (χ0) is 29.0. The summed E-state index contributed by atoms with van der Waals surface area (Å²) < 4.78 is 19.3. The van der Waals surface area contributed by atoms with Gasteiger partial charge in [0.05, 0.1) is 6.61 Å². The van der Waals surface area contributed by atoms with Gasteiger partial charge >= 0.3 is 0 Å². The maximum Gasteiger partial charge on any atom is 0.147 e. The molecule has 1 radical (unpaired) electrons. The Kier molecular flexibility index (Phi) is 25.2. The summed E-state index contributed by atoms with van der Waals surface area (Å²) in [5.74, 6) is 0.899. The van der Waals surface area contributed by atoms with Gasteiger partial charge in [-0.15, -0.1) is 0 Å². The Morgan fingerprint density at radius 2 is 0.950 bits per heavy atom. The van der Waals surface area contributed by atoms with Crippen molar-refractivity contribution >= 4 is 0 Å². The van der Waals surface area contributed by atoms with Gasteiger partial charge in [0.2, 0.25) is 0 Å². The second kappa shape index (κ2) is 27.1. The lowest BCUT2D eigenvalue weighted by atomic mass is 9.92. The Balaban J connectivity index is 2.45. The van der Waals surface area contributed by atoms with Crippen molar-refractivity contribution in [1.29, 1.82) is 0 Å². The highest BCUT2D eigenvalue weighted by Crippen LogP contribution is 2.31. The van der Waals surface area contributed by atoms with Gasteiger partial charge in [-0.1, -0.05) is 162 Å². The van der Waals surface area contributed by atoms with Crippen molar-refractivity contribution in [2.75, 3.05) is 19.8 Å². The second-order valence-electron chi connectivity index (χ2n) is 12.3. The molecule has 0 aromatic carbocycles. The van der Waals surface area contributed by atoms with E-state index in [0.29, 0.717) is 0 Å². The zero-order valence-electron chi connectivity index (χ0n) is 27.3. The van der Waals surface area contributed by atoms with Crippen molar-refractivity contribution < 1.29 is 14.2 Å². The number of unbranched alkanes of at least 4 members (excludes halogenated alkanes) is 21. The van der Waals surface area contributed by atoms with E-state index in [2.05, 4.69) is 45.9 Å². The van der Waals surface area contributed by atoms with E-state index in [9.17, 15) is 0 Å². The van der Waals surface area contributed by atoms with Crippen LogP contribution in [0, 0.1) is 6.92 Å². The van der Waals surface area contributed by atoms with Crippen LogP contribution in [0.3, 0.4) is 0 Å². The third-order valence-electron chi connectivity index (χ3n) is 8.26. The van der Waals surface area contributed by atoms with E-state index in [1.54, 1.807) is 0 Å². The Morgan fingerprint density at radius 3 is 1.43 bits per heavy atom. The third-order valence-corrected chi connectivity index (χ3v) is 8.26. The van der Waals surface area contributed by atoms with Crippen LogP contribution in [0.15, 0.2) is 24.0 Å². The smallest absolute Gasteiger partial charge is 0.147 e. The van der Waals surface area contributed by atoms with Crippen LogP contribution in [0.1, 0.15) is 175 Å². The van der Waals surface area contributed by atoms with Crippen molar-refractivity contribution in [2.45, 2.75) is 187 Å². The molecule has 0 fully saturated rings. The first kappa shape index (κ1) is 37.2. The van der Waals surface area contributed by atoms with Crippen molar-refractivity contribution in [3.05, 3.63) is 30.9 Å². The third kappa shape index (κ3) is 19.3. The molecule has 0 aromatic rings. The van der Waals surface area contributed by atoms with E-state index in [0.717, 1.165) is 44.8 Å². The van der Waals surface area contributed by atoms with Crippen LogP contribution in [0.5, 0.6) is 0 Å². The molecule has 0 saturated carbocycles. The fourth-order valence-corrected chi connectivity index (χ4v) is 5.55. The van der Waals surface area contributed by atoms with Crippen LogP contribution in [0.4, 0.5) is 0 Å². The van der Waals surface area contributed by atoms with Gasteiger partial charge in [-0.05, 0) is 38.3 Å². The molecule has 40 heavy (non-hydrogen) atoms. The largest absolute Gasteiger partial charge is 0.495 e. The van der Waals surface area contributed by atoms with Crippen molar-refractivity contribution in [3.63, 3.8) is 0 Å². The highest BCUT2D eigenvalue weighted by molar-refractivity contribution is 5.29. The number of hydrogen-bond acceptors (Lipinski definition) is 3. The molecule has 0 N–H and O–H groups in total. The lowest BCUT2D eigenvalue weighted by Gasteiger charge is -2.38. The first-order valence-corrected chi connectivity index (χ1v) is 17.8. The van der Waals surface area contributed by atoms with Gasteiger partial charge in [0, 0.05) is 13.2 Å². The normalized spacial score (nSPS) is 18.8. The van der Waals surface area contributed by atoms with Crippen LogP contribution >= 0.6 is 0 Å². The van der Waals surface area contributed by atoms with Gasteiger partial charge in [0.25, 0.3) is 0 Å². The molecule has 0 bridgehead atoms. The first-order valence-electron chi connectivity index (χ1n) is 17.8. The van der Waals surface area contributed by atoms with E-state index in [1.165, 1.54) is 135 Å². The minimum Gasteiger partial charge on any atom is -0.495 e. The quantitative estimate of drug-likeness (QED) is 0.0816. The van der Waals surface area contributed by atoms with E-state index in [1.807, 2.05) is 0 Å². The molecule has 0 heterocycles. The monoisotopic (exact) mass is 562 g/mol. The highest BCUT2D eigenvalue weighted by Gasteiger charge is 2.39. The van der Waals surface area contributed by atoms with Gasteiger partial charge in [-0.3, -0.25) is 0 Å². The molecule has 0 saturated heterocycles. The van der Waals surface area contributed by atoms with Gasteiger partial charge < -0.3 is 14.2 Å². The summed E-state index contributed by atoms with van der Waals surface area (Å²) in [5.41, 5.74) is -0.704. The maximum absolute atomic E-state index is 6.49. The Bertz CT molecular complexity index is 598. The topological polar surface area (TPSA) is 27.7 Å². The number of ether oxygens (including phenoxy) is 3. The predicted molar refractivity (Wildman–Crippen MR) is 175 cm³/mol. The van der Waals surface area contributed by atoms with Crippen molar-refractivity contribution in [3.8, 4) is 0 Å². The Morgan fingerprint density at radius 1 is 0.550 bits per heavy atom. The van der Waals surface area contributed by atoms with Crippen LogP contribution < -0.4 is 0 Å². The minimum absolute atomic E-state index is 0.259. The summed E-state index contributed by atoms with van der Waals surface area (Å²) in [6, 6.07) is 0.